The molecule has 2 unspecified atom stereocenters. The molecule has 15 heavy (non-hydrogen) atoms. The monoisotopic (exact) mass is 234 g/mol. The lowest BCUT2D eigenvalue weighted by Gasteiger charge is -2.18. The summed E-state index contributed by atoms with van der Waals surface area (Å²) >= 11 is 1.68. The highest BCUT2D eigenvalue weighted by molar-refractivity contribution is 7.98. The van der Waals surface area contributed by atoms with Gasteiger partial charge in [-0.05, 0) is 38.7 Å². The van der Waals surface area contributed by atoms with E-state index in [1.807, 2.05) is 13.2 Å². The van der Waals surface area contributed by atoms with Gasteiger partial charge in [0, 0.05) is 6.04 Å². The second-order valence-electron chi connectivity index (χ2n) is 3.88. The van der Waals surface area contributed by atoms with Gasteiger partial charge in [-0.1, -0.05) is 0 Å². The summed E-state index contributed by atoms with van der Waals surface area (Å²) in [6, 6.07) is -0.466. The van der Waals surface area contributed by atoms with Crippen LogP contribution in [0.1, 0.15) is 26.7 Å². The molecule has 0 bridgehead atoms. The van der Waals surface area contributed by atoms with Crippen LogP contribution in [0.4, 0.5) is 0 Å². The Kier molecular flexibility index (Phi) is 7.82. The van der Waals surface area contributed by atoms with E-state index in [-0.39, 0.29) is 11.9 Å². The third kappa shape index (κ3) is 7.64. The third-order valence-electron chi connectivity index (χ3n) is 2.05. The highest BCUT2D eigenvalue weighted by atomic mass is 32.2. The summed E-state index contributed by atoms with van der Waals surface area (Å²) in [4.78, 5) is 11.5. The number of thioether (sulfide) groups is 1. The van der Waals surface area contributed by atoms with Crippen LogP contribution in [0, 0.1) is 0 Å². The molecule has 0 aliphatic heterocycles. The Morgan fingerprint density at radius 3 is 2.60 bits per heavy atom. The number of hydrogen-bond donors (Lipinski definition) is 3. The van der Waals surface area contributed by atoms with Gasteiger partial charge in [-0.15, -0.1) is 0 Å². The van der Waals surface area contributed by atoms with Crippen LogP contribution < -0.4 is 11.1 Å². The number of rotatable bonds is 7. The number of amides is 1. The second kappa shape index (κ2) is 7.96. The predicted octanol–water partition coefficient (Wildman–Crippen LogP) is 0.342. The van der Waals surface area contributed by atoms with E-state index >= 15 is 0 Å². The molecule has 0 saturated carbocycles. The summed E-state index contributed by atoms with van der Waals surface area (Å²) in [5.41, 5.74) is 5.69. The van der Waals surface area contributed by atoms with Crippen molar-refractivity contribution in [2.75, 3.05) is 12.0 Å². The number of aliphatic hydroxyl groups is 1. The maximum Gasteiger partial charge on any atom is 0.237 e. The molecule has 0 radical (unpaired) electrons. The van der Waals surface area contributed by atoms with Crippen LogP contribution in [0.2, 0.25) is 0 Å². The van der Waals surface area contributed by atoms with E-state index in [0.717, 1.165) is 5.75 Å². The smallest absolute Gasteiger partial charge is 0.237 e. The SMILES string of the molecule is CSCC[C@H](N)C(=O)NC(C)CC(C)O. The summed E-state index contributed by atoms with van der Waals surface area (Å²) in [5.74, 6) is 0.761. The summed E-state index contributed by atoms with van der Waals surface area (Å²) in [7, 11) is 0. The van der Waals surface area contributed by atoms with Crippen molar-refractivity contribution in [2.24, 2.45) is 5.73 Å². The standard InChI is InChI=1S/C10H22N2O2S/c1-7(6-8(2)13)12-10(14)9(11)4-5-15-3/h7-9,13H,4-6,11H2,1-3H3,(H,12,14)/t7?,8?,9-/m0/s1. The van der Waals surface area contributed by atoms with Gasteiger partial charge < -0.3 is 16.2 Å². The van der Waals surface area contributed by atoms with Gasteiger partial charge in [0.05, 0.1) is 12.1 Å². The average molecular weight is 234 g/mol. The summed E-state index contributed by atoms with van der Waals surface area (Å²) in [6.45, 7) is 3.57. The van der Waals surface area contributed by atoms with Crippen LogP contribution in [-0.2, 0) is 4.79 Å². The number of nitrogens with one attached hydrogen (secondary N) is 1. The fourth-order valence-corrected chi connectivity index (χ4v) is 1.79. The Morgan fingerprint density at radius 1 is 1.53 bits per heavy atom. The first-order valence-corrected chi connectivity index (χ1v) is 6.59. The van der Waals surface area contributed by atoms with Crippen LogP contribution in [-0.4, -0.2) is 41.2 Å². The molecule has 0 aromatic heterocycles. The van der Waals surface area contributed by atoms with Gasteiger partial charge in [0.15, 0.2) is 0 Å². The molecule has 0 aliphatic rings. The minimum atomic E-state index is -0.436. The molecule has 90 valence electrons. The molecule has 0 aromatic carbocycles. The number of hydrogen-bond acceptors (Lipinski definition) is 4. The maximum absolute atomic E-state index is 11.5. The van der Waals surface area contributed by atoms with Crippen molar-refractivity contribution in [1.29, 1.82) is 0 Å². The number of nitrogens with two attached hydrogens (primary N) is 1. The number of carbonyl (C=O) groups excluding carboxylic acids is 1. The predicted molar refractivity (Wildman–Crippen MR) is 64.9 cm³/mol. The zero-order valence-corrected chi connectivity index (χ0v) is 10.5. The minimum Gasteiger partial charge on any atom is -0.393 e. The van der Waals surface area contributed by atoms with Crippen molar-refractivity contribution in [3.8, 4) is 0 Å². The van der Waals surface area contributed by atoms with E-state index in [1.54, 1.807) is 18.7 Å². The normalized spacial score (nSPS) is 16.9. The highest BCUT2D eigenvalue weighted by Crippen LogP contribution is 2.01. The van der Waals surface area contributed by atoms with Crippen molar-refractivity contribution in [1.82, 2.24) is 5.32 Å². The quantitative estimate of drug-likeness (QED) is 0.594. The summed E-state index contributed by atoms with van der Waals surface area (Å²) < 4.78 is 0. The third-order valence-corrected chi connectivity index (χ3v) is 2.70. The molecule has 0 fully saturated rings. The average Bonchev–Trinajstić information content (AvgIpc) is 2.12. The topological polar surface area (TPSA) is 75.4 Å². The molecule has 4 nitrogen and oxygen atoms in total. The van der Waals surface area contributed by atoms with Crippen molar-refractivity contribution in [3.05, 3.63) is 0 Å². The Bertz CT molecular complexity index is 188. The molecule has 0 aliphatic carbocycles. The molecule has 5 heteroatoms. The van der Waals surface area contributed by atoms with E-state index < -0.39 is 12.1 Å². The van der Waals surface area contributed by atoms with Crippen LogP contribution in [0.25, 0.3) is 0 Å². The molecule has 0 spiro atoms. The summed E-state index contributed by atoms with van der Waals surface area (Å²) in [6.07, 6.45) is 2.83. The first-order chi connectivity index (χ1) is 6.97. The van der Waals surface area contributed by atoms with Crippen molar-refractivity contribution in [2.45, 2.75) is 44.9 Å². The Balaban J connectivity index is 3.80. The van der Waals surface area contributed by atoms with Crippen molar-refractivity contribution >= 4 is 17.7 Å². The van der Waals surface area contributed by atoms with E-state index in [1.165, 1.54) is 0 Å². The second-order valence-corrected chi connectivity index (χ2v) is 4.87. The minimum absolute atomic E-state index is 0.0298. The Hall–Kier alpha value is -0.260. The zero-order chi connectivity index (χ0) is 11.8. The number of carbonyl (C=O) groups is 1. The van der Waals surface area contributed by atoms with Gasteiger partial charge in [-0.3, -0.25) is 4.79 Å². The maximum atomic E-state index is 11.5. The molecule has 0 aromatic rings. The van der Waals surface area contributed by atoms with Crippen LogP contribution in [0.3, 0.4) is 0 Å². The lowest BCUT2D eigenvalue weighted by molar-refractivity contribution is -0.123. The van der Waals surface area contributed by atoms with Crippen LogP contribution in [0.5, 0.6) is 0 Å². The zero-order valence-electron chi connectivity index (χ0n) is 9.69. The molecular weight excluding hydrogens is 212 g/mol. The molecule has 0 rings (SSSR count). The van der Waals surface area contributed by atoms with Crippen molar-refractivity contribution in [3.63, 3.8) is 0 Å². The number of aliphatic hydroxyl groups excluding tert-OH is 1. The lowest BCUT2D eigenvalue weighted by atomic mass is 10.1. The van der Waals surface area contributed by atoms with Gasteiger partial charge in [0.25, 0.3) is 0 Å². The van der Waals surface area contributed by atoms with E-state index in [4.69, 9.17) is 10.8 Å². The fraction of sp³-hybridized carbons (Fsp3) is 0.900. The van der Waals surface area contributed by atoms with E-state index in [2.05, 4.69) is 5.32 Å². The van der Waals surface area contributed by atoms with Gasteiger partial charge >= 0.3 is 0 Å². The molecule has 4 N–H and O–H groups in total. The lowest BCUT2D eigenvalue weighted by Crippen LogP contribution is -2.45. The van der Waals surface area contributed by atoms with Gasteiger partial charge in [0.2, 0.25) is 5.91 Å². The van der Waals surface area contributed by atoms with Gasteiger partial charge in [-0.2, -0.15) is 11.8 Å². The Morgan fingerprint density at radius 2 is 2.13 bits per heavy atom. The molecule has 1 amide bonds. The van der Waals surface area contributed by atoms with Gasteiger partial charge in [-0.25, -0.2) is 0 Å². The molecule has 0 saturated heterocycles. The van der Waals surface area contributed by atoms with Gasteiger partial charge in [0.1, 0.15) is 0 Å². The largest absolute Gasteiger partial charge is 0.393 e. The highest BCUT2D eigenvalue weighted by Gasteiger charge is 2.15. The first-order valence-electron chi connectivity index (χ1n) is 5.20. The molecule has 3 atom stereocenters. The van der Waals surface area contributed by atoms with Crippen molar-refractivity contribution < 1.29 is 9.90 Å². The fourth-order valence-electron chi connectivity index (χ4n) is 1.30. The Labute approximate surface area is 96.0 Å². The van der Waals surface area contributed by atoms with E-state index in [0.29, 0.717) is 12.8 Å². The van der Waals surface area contributed by atoms with Crippen LogP contribution >= 0.6 is 11.8 Å². The van der Waals surface area contributed by atoms with E-state index in [9.17, 15) is 4.79 Å². The summed E-state index contributed by atoms with van der Waals surface area (Å²) in [5, 5.41) is 11.9. The molecular formula is C10H22N2O2S. The molecule has 0 heterocycles. The van der Waals surface area contributed by atoms with Crippen LogP contribution in [0.15, 0.2) is 0 Å². The first kappa shape index (κ1) is 14.7.